The van der Waals surface area contributed by atoms with Crippen LogP contribution in [-0.4, -0.2) is 24.9 Å². The third kappa shape index (κ3) is 3.09. The lowest BCUT2D eigenvalue weighted by Gasteiger charge is -2.15. The van der Waals surface area contributed by atoms with Gasteiger partial charge in [0.1, 0.15) is 17.3 Å². The van der Waals surface area contributed by atoms with Crippen molar-refractivity contribution in [3.63, 3.8) is 0 Å². The molecule has 2 aromatic rings. The number of hydrogen-bond acceptors (Lipinski definition) is 5. The summed E-state index contributed by atoms with van der Waals surface area (Å²) in [6, 6.07) is 3.20. The second-order valence-corrected chi connectivity index (χ2v) is 7.42. The van der Waals surface area contributed by atoms with E-state index in [1.807, 2.05) is 16.8 Å². The first kappa shape index (κ1) is 14.7. The molecule has 0 fully saturated rings. The number of halogens is 1. The number of rotatable bonds is 5. The minimum Gasteiger partial charge on any atom is -0.450 e. The van der Waals surface area contributed by atoms with Gasteiger partial charge in [0.05, 0.1) is 0 Å². The standard InChI is InChI=1S/C11H12BrNO4S2/c1-13(5-8-2-3-18-7-8)19(15,16)10-4-9(6-14)17-11(10)12/h2-4,7,14H,5-6H2,1H3. The molecule has 0 saturated heterocycles. The lowest BCUT2D eigenvalue weighted by molar-refractivity contribution is 0.245. The highest BCUT2D eigenvalue weighted by atomic mass is 79.9. The van der Waals surface area contributed by atoms with Gasteiger partial charge in [-0.2, -0.15) is 15.6 Å². The summed E-state index contributed by atoms with van der Waals surface area (Å²) in [7, 11) is -2.14. The molecule has 0 atom stereocenters. The normalized spacial score (nSPS) is 12.2. The van der Waals surface area contributed by atoms with Crippen LogP contribution < -0.4 is 0 Å². The Balaban J connectivity index is 2.28. The molecular formula is C11H12BrNO4S2. The fourth-order valence-corrected chi connectivity index (χ4v) is 4.32. The fourth-order valence-electron chi connectivity index (χ4n) is 1.54. The molecule has 2 aromatic heterocycles. The van der Waals surface area contributed by atoms with Gasteiger partial charge >= 0.3 is 0 Å². The van der Waals surface area contributed by atoms with E-state index in [9.17, 15) is 8.42 Å². The van der Waals surface area contributed by atoms with Crippen LogP contribution in [0.25, 0.3) is 0 Å². The molecule has 0 amide bonds. The van der Waals surface area contributed by atoms with Crippen LogP contribution in [0.3, 0.4) is 0 Å². The van der Waals surface area contributed by atoms with E-state index in [1.54, 1.807) is 0 Å². The molecule has 0 aliphatic rings. The largest absolute Gasteiger partial charge is 0.450 e. The van der Waals surface area contributed by atoms with Crippen molar-refractivity contribution in [1.82, 2.24) is 4.31 Å². The summed E-state index contributed by atoms with van der Waals surface area (Å²) < 4.78 is 31.2. The Labute approximate surface area is 123 Å². The molecule has 2 heterocycles. The summed E-state index contributed by atoms with van der Waals surface area (Å²) in [5.41, 5.74) is 0.929. The molecule has 104 valence electrons. The summed E-state index contributed by atoms with van der Waals surface area (Å²) in [5.74, 6) is 0.203. The molecule has 2 rings (SSSR count). The third-order valence-electron chi connectivity index (χ3n) is 2.54. The van der Waals surface area contributed by atoms with Crippen LogP contribution in [0.15, 0.2) is 36.9 Å². The van der Waals surface area contributed by atoms with Gasteiger partial charge in [0, 0.05) is 19.7 Å². The highest BCUT2D eigenvalue weighted by Crippen LogP contribution is 2.29. The molecule has 8 heteroatoms. The van der Waals surface area contributed by atoms with Crippen molar-refractivity contribution >= 4 is 37.3 Å². The lowest BCUT2D eigenvalue weighted by Crippen LogP contribution is -2.26. The molecular weight excluding hydrogens is 354 g/mol. The SMILES string of the molecule is CN(Cc1ccsc1)S(=O)(=O)c1cc(CO)oc1Br. The van der Waals surface area contributed by atoms with Crippen LogP contribution in [0.4, 0.5) is 0 Å². The Bertz CT molecular complexity index is 648. The summed E-state index contributed by atoms with van der Waals surface area (Å²) >= 11 is 4.58. The Hall–Kier alpha value is -0.670. The first-order valence-electron chi connectivity index (χ1n) is 5.31. The molecule has 0 radical (unpaired) electrons. The van der Waals surface area contributed by atoms with Crippen molar-refractivity contribution in [1.29, 1.82) is 0 Å². The van der Waals surface area contributed by atoms with Gasteiger partial charge in [-0.3, -0.25) is 0 Å². The van der Waals surface area contributed by atoms with Crippen molar-refractivity contribution in [3.8, 4) is 0 Å². The number of thiophene rings is 1. The van der Waals surface area contributed by atoms with E-state index in [0.29, 0.717) is 0 Å². The van der Waals surface area contributed by atoms with Crippen molar-refractivity contribution in [2.24, 2.45) is 0 Å². The van der Waals surface area contributed by atoms with E-state index < -0.39 is 10.0 Å². The van der Waals surface area contributed by atoms with Gasteiger partial charge in [-0.1, -0.05) is 0 Å². The smallest absolute Gasteiger partial charge is 0.247 e. The van der Waals surface area contributed by atoms with Gasteiger partial charge in [-0.25, -0.2) is 8.42 Å². The number of sulfonamides is 1. The minimum atomic E-state index is -3.65. The number of aliphatic hydroxyl groups excluding tert-OH is 1. The van der Waals surface area contributed by atoms with E-state index >= 15 is 0 Å². The van der Waals surface area contributed by atoms with Crippen LogP contribution in [-0.2, 0) is 23.2 Å². The van der Waals surface area contributed by atoms with Crippen molar-refractivity contribution in [2.45, 2.75) is 18.0 Å². The van der Waals surface area contributed by atoms with Crippen molar-refractivity contribution in [2.75, 3.05) is 7.05 Å². The number of hydrogen-bond donors (Lipinski definition) is 1. The molecule has 0 spiro atoms. The Morgan fingerprint density at radius 3 is 2.79 bits per heavy atom. The summed E-state index contributed by atoms with van der Waals surface area (Å²) in [6.45, 7) is -0.0553. The van der Waals surface area contributed by atoms with Crippen molar-refractivity contribution in [3.05, 3.63) is 38.9 Å². The van der Waals surface area contributed by atoms with Gasteiger partial charge in [-0.05, 0) is 38.3 Å². The first-order valence-corrected chi connectivity index (χ1v) is 8.49. The number of nitrogens with zero attached hydrogens (tertiary/aromatic N) is 1. The van der Waals surface area contributed by atoms with Gasteiger partial charge in [0.15, 0.2) is 4.67 Å². The molecule has 5 nitrogen and oxygen atoms in total. The van der Waals surface area contributed by atoms with Gasteiger partial charge in [-0.15, -0.1) is 0 Å². The zero-order valence-corrected chi connectivity index (χ0v) is 13.3. The average molecular weight is 366 g/mol. The second kappa shape index (κ2) is 5.76. The van der Waals surface area contributed by atoms with E-state index in [-0.39, 0.29) is 28.5 Å². The quantitative estimate of drug-likeness (QED) is 0.882. The van der Waals surface area contributed by atoms with E-state index in [2.05, 4.69) is 15.9 Å². The Morgan fingerprint density at radius 1 is 1.53 bits per heavy atom. The zero-order chi connectivity index (χ0) is 14.0. The zero-order valence-electron chi connectivity index (χ0n) is 10.0. The number of aliphatic hydroxyl groups is 1. The third-order valence-corrected chi connectivity index (χ3v) is 5.93. The fraction of sp³-hybridized carbons (Fsp3) is 0.273. The van der Waals surface area contributed by atoms with Crippen LogP contribution in [0.1, 0.15) is 11.3 Å². The van der Waals surface area contributed by atoms with Crippen molar-refractivity contribution < 1.29 is 17.9 Å². The summed E-state index contributed by atoms with van der Waals surface area (Å²) in [6.07, 6.45) is 0. The molecule has 0 bridgehead atoms. The maximum atomic E-state index is 12.4. The Morgan fingerprint density at radius 2 is 2.26 bits per heavy atom. The monoisotopic (exact) mass is 365 g/mol. The molecule has 0 unspecified atom stereocenters. The van der Waals surface area contributed by atoms with Crippen LogP contribution >= 0.6 is 27.3 Å². The topological polar surface area (TPSA) is 70.8 Å². The first-order chi connectivity index (χ1) is 8.95. The summed E-state index contributed by atoms with van der Waals surface area (Å²) in [4.78, 5) is 0.0225. The second-order valence-electron chi connectivity index (χ2n) is 3.90. The van der Waals surface area contributed by atoms with E-state index in [1.165, 1.54) is 28.8 Å². The minimum absolute atomic E-state index is 0.0225. The highest BCUT2D eigenvalue weighted by molar-refractivity contribution is 9.10. The van der Waals surface area contributed by atoms with E-state index in [4.69, 9.17) is 9.52 Å². The Kier molecular flexibility index (Phi) is 4.46. The highest BCUT2D eigenvalue weighted by Gasteiger charge is 2.27. The molecule has 19 heavy (non-hydrogen) atoms. The summed E-state index contributed by atoms with van der Waals surface area (Å²) in [5, 5.41) is 12.8. The van der Waals surface area contributed by atoms with Gasteiger partial charge in [0.2, 0.25) is 10.0 Å². The van der Waals surface area contributed by atoms with Crippen LogP contribution in [0.2, 0.25) is 0 Å². The lowest BCUT2D eigenvalue weighted by atomic mass is 10.3. The maximum Gasteiger partial charge on any atom is 0.247 e. The maximum absolute atomic E-state index is 12.4. The predicted molar refractivity (Wildman–Crippen MR) is 75.3 cm³/mol. The molecule has 0 aromatic carbocycles. The van der Waals surface area contributed by atoms with E-state index in [0.717, 1.165) is 5.56 Å². The molecule has 0 aliphatic carbocycles. The van der Waals surface area contributed by atoms with Crippen LogP contribution in [0.5, 0.6) is 0 Å². The molecule has 0 aliphatic heterocycles. The molecule has 0 saturated carbocycles. The molecule has 1 N–H and O–H groups in total. The predicted octanol–water partition coefficient (Wildman–Crippen LogP) is 2.42. The average Bonchev–Trinajstić information content (AvgIpc) is 2.98. The van der Waals surface area contributed by atoms with Gasteiger partial charge < -0.3 is 9.52 Å². The number of furan rings is 1. The van der Waals surface area contributed by atoms with Gasteiger partial charge in [0.25, 0.3) is 0 Å². The van der Waals surface area contributed by atoms with Crippen LogP contribution in [0, 0.1) is 0 Å².